The SMILES string of the molecule is O=S(=O)(N/N=C(\Cl)c1cc(Cl)ccc1Cl)c1ccccc1. The third kappa shape index (κ3) is 4.11. The van der Waals surface area contributed by atoms with Gasteiger partial charge in [0, 0.05) is 10.6 Å². The number of nitrogens with zero attached hydrogens (tertiary/aromatic N) is 1. The summed E-state index contributed by atoms with van der Waals surface area (Å²) in [6, 6.07) is 12.4. The first-order chi connectivity index (χ1) is 9.90. The van der Waals surface area contributed by atoms with E-state index in [2.05, 4.69) is 5.10 Å². The Morgan fingerprint density at radius 2 is 1.71 bits per heavy atom. The van der Waals surface area contributed by atoms with Crippen molar-refractivity contribution in [3.63, 3.8) is 0 Å². The fourth-order valence-corrected chi connectivity index (χ4v) is 2.98. The molecule has 2 aromatic rings. The Morgan fingerprint density at radius 1 is 1.05 bits per heavy atom. The van der Waals surface area contributed by atoms with Crippen LogP contribution in [-0.4, -0.2) is 13.6 Å². The van der Waals surface area contributed by atoms with Gasteiger partial charge in [-0.05, 0) is 30.3 Å². The van der Waals surface area contributed by atoms with Gasteiger partial charge in [-0.15, -0.1) is 0 Å². The van der Waals surface area contributed by atoms with E-state index in [1.54, 1.807) is 30.3 Å². The molecule has 0 atom stereocenters. The van der Waals surface area contributed by atoms with E-state index in [0.29, 0.717) is 15.6 Å². The van der Waals surface area contributed by atoms with Gasteiger partial charge in [0.25, 0.3) is 10.0 Å². The van der Waals surface area contributed by atoms with Gasteiger partial charge in [0.1, 0.15) is 0 Å². The van der Waals surface area contributed by atoms with Crippen molar-refractivity contribution < 1.29 is 8.42 Å². The number of hydrogen-bond acceptors (Lipinski definition) is 3. The van der Waals surface area contributed by atoms with E-state index < -0.39 is 10.0 Å². The molecular weight excluding hydrogens is 355 g/mol. The number of hydrazone groups is 1. The maximum Gasteiger partial charge on any atom is 0.276 e. The number of hydrogen-bond donors (Lipinski definition) is 1. The molecule has 2 aromatic carbocycles. The van der Waals surface area contributed by atoms with Crippen LogP contribution in [0.3, 0.4) is 0 Å². The molecule has 0 bridgehead atoms. The van der Waals surface area contributed by atoms with Crippen LogP contribution in [0.4, 0.5) is 0 Å². The highest BCUT2D eigenvalue weighted by molar-refractivity contribution is 7.89. The van der Waals surface area contributed by atoms with Gasteiger partial charge in [0.15, 0.2) is 5.17 Å². The lowest BCUT2D eigenvalue weighted by Crippen LogP contribution is -2.19. The molecule has 0 spiro atoms. The molecule has 0 amide bonds. The van der Waals surface area contributed by atoms with Crippen LogP contribution in [0.2, 0.25) is 10.0 Å². The van der Waals surface area contributed by atoms with Gasteiger partial charge in [-0.2, -0.15) is 18.4 Å². The second-order valence-corrected chi connectivity index (χ2v) is 6.80. The van der Waals surface area contributed by atoms with Gasteiger partial charge in [-0.3, -0.25) is 0 Å². The first kappa shape index (κ1) is 16.1. The molecule has 0 aliphatic heterocycles. The topological polar surface area (TPSA) is 58.5 Å². The van der Waals surface area contributed by atoms with Crippen LogP contribution in [0.1, 0.15) is 5.56 Å². The quantitative estimate of drug-likeness (QED) is 0.662. The Bertz CT molecular complexity index is 777. The lowest BCUT2D eigenvalue weighted by atomic mass is 10.2. The van der Waals surface area contributed by atoms with Crippen LogP contribution >= 0.6 is 34.8 Å². The highest BCUT2D eigenvalue weighted by Gasteiger charge is 2.13. The van der Waals surface area contributed by atoms with Gasteiger partial charge in [-0.25, -0.2) is 0 Å². The van der Waals surface area contributed by atoms with E-state index in [1.807, 2.05) is 4.83 Å². The normalized spacial score (nSPS) is 12.2. The van der Waals surface area contributed by atoms with Gasteiger partial charge in [0.2, 0.25) is 0 Å². The van der Waals surface area contributed by atoms with Gasteiger partial charge in [0.05, 0.1) is 9.92 Å². The molecular formula is C13H9Cl3N2O2S. The van der Waals surface area contributed by atoms with Crippen molar-refractivity contribution in [3.8, 4) is 0 Å². The lowest BCUT2D eigenvalue weighted by Gasteiger charge is -2.05. The fraction of sp³-hybridized carbons (Fsp3) is 0. The molecule has 0 saturated heterocycles. The van der Waals surface area contributed by atoms with Crippen LogP contribution in [0.25, 0.3) is 0 Å². The highest BCUT2D eigenvalue weighted by Crippen LogP contribution is 2.22. The summed E-state index contributed by atoms with van der Waals surface area (Å²) in [4.78, 5) is 2.13. The molecule has 0 radical (unpaired) electrons. The van der Waals surface area contributed by atoms with E-state index in [1.165, 1.54) is 18.2 Å². The minimum Gasteiger partial charge on any atom is -0.200 e. The summed E-state index contributed by atoms with van der Waals surface area (Å²) >= 11 is 17.7. The van der Waals surface area contributed by atoms with Crippen molar-refractivity contribution in [2.45, 2.75) is 4.90 Å². The first-order valence-corrected chi connectivity index (χ1v) is 8.27. The van der Waals surface area contributed by atoms with E-state index in [9.17, 15) is 8.42 Å². The Hall–Kier alpha value is -1.27. The van der Waals surface area contributed by atoms with Crippen molar-refractivity contribution in [1.29, 1.82) is 0 Å². The summed E-state index contributed by atoms with van der Waals surface area (Å²) in [6.07, 6.45) is 0. The van der Waals surface area contributed by atoms with Crippen molar-refractivity contribution in [1.82, 2.24) is 4.83 Å². The molecule has 0 fully saturated rings. The molecule has 1 N–H and O–H groups in total. The molecule has 0 aliphatic rings. The standard InChI is InChI=1S/C13H9Cl3N2O2S/c14-9-6-7-12(15)11(8-9)13(16)17-18-21(19,20)10-4-2-1-3-5-10/h1-8,18H/b17-13-. The molecule has 0 heterocycles. The van der Waals surface area contributed by atoms with Crippen molar-refractivity contribution in [2.75, 3.05) is 0 Å². The zero-order valence-electron chi connectivity index (χ0n) is 10.4. The molecule has 0 saturated carbocycles. The lowest BCUT2D eigenvalue weighted by molar-refractivity contribution is 0.584. The minimum absolute atomic E-state index is 0.0791. The number of rotatable bonds is 4. The summed E-state index contributed by atoms with van der Waals surface area (Å²) in [5, 5.41) is 4.26. The average Bonchev–Trinajstić information content (AvgIpc) is 2.48. The van der Waals surface area contributed by atoms with E-state index in [-0.39, 0.29) is 10.1 Å². The number of nitrogens with one attached hydrogen (secondary N) is 1. The largest absolute Gasteiger partial charge is 0.276 e. The molecule has 0 aromatic heterocycles. The Morgan fingerprint density at radius 3 is 2.38 bits per heavy atom. The summed E-state index contributed by atoms with van der Waals surface area (Å²) < 4.78 is 24.0. The fourth-order valence-electron chi connectivity index (χ4n) is 1.47. The summed E-state index contributed by atoms with van der Waals surface area (Å²) in [7, 11) is -3.78. The first-order valence-electron chi connectivity index (χ1n) is 5.65. The Kier molecular flexibility index (Phi) is 5.11. The monoisotopic (exact) mass is 362 g/mol. The third-order valence-electron chi connectivity index (χ3n) is 2.47. The third-order valence-corrected chi connectivity index (χ3v) is 4.55. The molecule has 110 valence electrons. The molecule has 2 rings (SSSR count). The zero-order valence-corrected chi connectivity index (χ0v) is 13.5. The number of sulfonamides is 1. The average molecular weight is 364 g/mol. The second kappa shape index (κ2) is 6.66. The van der Waals surface area contributed by atoms with E-state index in [4.69, 9.17) is 34.8 Å². The van der Waals surface area contributed by atoms with E-state index >= 15 is 0 Å². The summed E-state index contributed by atoms with van der Waals surface area (Å²) in [5.74, 6) is 0. The van der Waals surface area contributed by atoms with Gasteiger partial charge in [-0.1, -0.05) is 53.0 Å². The van der Waals surface area contributed by atoms with Gasteiger partial charge < -0.3 is 0 Å². The smallest absolute Gasteiger partial charge is 0.200 e. The van der Waals surface area contributed by atoms with Gasteiger partial charge >= 0.3 is 0 Å². The predicted octanol–water partition coefficient (Wildman–Crippen LogP) is 3.87. The summed E-state index contributed by atoms with van der Waals surface area (Å²) in [6.45, 7) is 0. The van der Waals surface area contributed by atoms with Crippen molar-refractivity contribution >= 4 is 50.0 Å². The van der Waals surface area contributed by atoms with Crippen LogP contribution in [-0.2, 0) is 10.0 Å². The molecule has 8 heteroatoms. The molecule has 4 nitrogen and oxygen atoms in total. The maximum absolute atomic E-state index is 12.0. The zero-order chi connectivity index (χ0) is 15.5. The molecule has 0 unspecified atom stereocenters. The maximum atomic E-state index is 12.0. The van der Waals surface area contributed by atoms with Crippen molar-refractivity contribution in [3.05, 3.63) is 64.1 Å². The van der Waals surface area contributed by atoms with Crippen LogP contribution < -0.4 is 4.83 Å². The minimum atomic E-state index is -3.78. The Labute approximate surface area is 137 Å². The van der Waals surface area contributed by atoms with E-state index in [0.717, 1.165) is 0 Å². The summed E-state index contributed by atoms with van der Waals surface area (Å²) in [5.41, 5.74) is 0.335. The second-order valence-electron chi connectivity index (χ2n) is 3.93. The molecule has 0 aliphatic carbocycles. The Balaban J connectivity index is 2.27. The highest BCUT2D eigenvalue weighted by atomic mass is 35.5. The predicted molar refractivity (Wildman–Crippen MR) is 85.6 cm³/mol. The number of halogens is 3. The van der Waals surface area contributed by atoms with Crippen LogP contribution in [0, 0.1) is 0 Å². The van der Waals surface area contributed by atoms with Crippen molar-refractivity contribution in [2.24, 2.45) is 5.10 Å². The number of benzene rings is 2. The van der Waals surface area contributed by atoms with Crippen LogP contribution in [0.5, 0.6) is 0 Å². The van der Waals surface area contributed by atoms with Crippen LogP contribution in [0.15, 0.2) is 58.5 Å². The molecule has 21 heavy (non-hydrogen) atoms.